The Hall–Kier alpha value is -3.07. The van der Waals surface area contributed by atoms with Crippen LogP contribution in [0.1, 0.15) is 45.1 Å². The van der Waals surface area contributed by atoms with Crippen molar-refractivity contribution in [1.29, 1.82) is 0 Å². The molecule has 0 aliphatic carbocycles. The summed E-state index contributed by atoms with van der Waals surface area (Å²) in [5.74, 6) is -0.578. The van der Waals surface area contributed by atoms with Gasteiger partial charge < -0.3 is 9.67 Å². The Bertz CT molecular complexity index is 1370. The highest BCUT2D eigenvalue weighted by Gasteiger charge is 2.20. The van der Waals surface area contributed by atoms with E-state index < -0.39 is 31.9 Å². The molecule has 0 atom stereocenters. The van der Waals surface area contributed by atoms with Gasteiger partial charge in [0.2, 0.25) is 0 Å². The lowest BCUT2D eigenvalue weighted by atomic mass is 9.97. The number of carbonyl (C=O) groups excluding carboxylic acids is 1. The van der Waals surface area contributed by atoms with Gasteiger partial charge >= 0.3 is 0 Å². The molecule has 0 aliphatic heterocycles. The van der Waals surface area contributed by atoms with E-state index >= 15 is 0 Å². The van der Waals surface area contributed by atoms with Crippen LogP contribution in [-0.2, 0) is 6.54 Å². The smallest absolute Gasteiger partial charge is 0.195 e. The number of fused-ring (bicyclic) bond motifs is 2. The Kier molecular flexibility index (Phi) is 2.61. The van der Waals surface area contributed by atoms with E-state index in [4.69, 9.17) is 9.60 Å². The fourth-order valence-electron chi connectivity index (χ4n) is 3.33. The third-order valence-corrected chi connectivity index (χ3v) is 4.50. The number of nitrogens with zero attached hydrogens (tertiary/aromatic N) is 1. The van der Waals surface area contributed by atoms with Crippen molar-refractivity contribution in [3.63, 3.8) is 0 Å². The average Bonchev–Trinajstić information content (AvgIpc) is 3.11. The highest BCUT2D eigenvalue weighted by molar-refractivity contribution is 6.22. The number of aryl methyl sites for hydroxylation is 1. The van der Waals surface area contributed by atoms with Crippen LogP contribution in [0.3, 0.4) is 0 Å². The second kappa shape index (κ2) is 6.68. The summed E-state index contributed by atoms with van der Waals surface area (Å²) in [5, 5.41) is 12.3. The molecule has 0 radical (unpaired) electrons. The largest absolute Gasteiger partial charge is 0.507 e. The summed E-state index contributed by atoms with van der Waals surface area (Å²) in [5.41, 5.74) is 0.810. The van der Waals surface area contributed by atoms with Crippen LogP contribution in [0.4, 0.5) is 0 Å². The van der Waals surface area contributed by atoms with Gasteiger partial charge in [0.15, 0.2) is 5.78 Å². The summed E-state index contributed by atoms with van der Waals surface area (Å²) >= 11 is 0. The zero-order valence-corrected chi connectivity index (χ0v) is 13.9. The molecule has 4 aromatic rings. The van der Waals surface area contributed by atoms with Gasteiger partial charge in [-0.2, -0.15) is 0 Å². The first-order chi connectivity index (χ1) is 15.3. The average molecular weight is 350 g/mol. The van der Waals surface area contributed by atoms with E-state index in [2.05, 4.69) is 0 Å². The van der Waals surface area contributed by atoms with Gasteiger partial charge in [-0.05, 0) is 29.3 Å². The number of phenolic OH excluding ortho intramolecular Hbond substituents is 1. The normalized spacial score (nSPS) is 16.8. The number of benzene rings is 3. The zero-order valence-electron chi connectivity index (χ0n) is 20.9. The van der Waals surface area contributed by atoms with Crippen LogP contribution in [0.5, 0.6) is 5.75 Å². The molecule has 3 aromatic carbocycles. The molecule has 1 heterocycles. The molecule has 130 valence electrons. The highest BCUT2D eigenvalue weighted by Crippen LogP contribution is 2.33. The molecule has 3 nitrogen and oxygen atoms in total. The quantitative estimate of drug-likeness (QED) is 0.481. The Labute approximate surface area is 162 Å². The van der Waals surface area contributed by atoms with Gasteiger partial charge in [0.1, 0.15) is 5.75 Å². The SMILES string of the molecule is [2H]C([2H])([2H])C([2H])([2H])C([2H])([2H])Cn1cc(C(=O)c2cccc3ccccc23)c2c(O)cccc21. The van der Waals surface area contributed by atoms with Crippen molar-refractivity contribution in [3.05, 3.63) is 78.0 Å². The molecule has 0 bridgehead atoms. The lowest BCUT2D eigenvalue weighted by Crippen LogP contribution is -2.02. The minimum Gasteiger partial charge on any atom is -0.507 e. The summed E-state index contributed by atoms with van der Waals surface area (Å²) < 4.78 is 55.8. The van der Waals surface area contributed by atoms with E-state index in [1.165, 1.54) is 22.9 Å². The maximum absolute atomic E-state index is 13.6. The molecule has 4 rings (SSSR count). The molecule has 3 heteroatoms. The number of rotatable bonds is 5. The molecule has 26 heavy (non-hydrogen) atoms. The van der Waals surface area contributed by atoms with Gasteiger partial charge in [0.25, 0.3) is 0 Å². The lowest BCUT2D eigenvalue weighted by molar-refractivity contribution is 0.104. The van der Waals surface area contributed by atoms with Crippen molar-refractivity contribution < 1.29 is 19.5 Å². The van der Waals surface area contributed by atoms with Crippen LogP contribution >= 0.6 is 0 Å². The maximum atomic E-state index is 13.6. The number of hydrogen-bond donors (Lipinski definition) is 1. The van der Waals surface area contributed by atoms with Crippen molar-refractivity contribution in [2.45, 2.75) is 26.1 Å². The number of aromatic nitrogens is 1. The van der Waals surface area contributed by atoms with Crippen molar-refractivity contribution in [2.75, 3.05) is 0 Å². The maximum Gasteiger partial charge on any atom is 0.195 e. The minimum absolute atomic E-state index is 0.115. The summed E-state index contributed by atoms with van der Waals surface area (Å²) in [4.78, 5) is 13.6. The Morgan fingerprint density at radius 3 is 2.77 bits per heavy atom. The zero-order chi connectivity index (χ0) is 24.2. The molecular formula is C23H21NO2. The number of carbonyl (C=O) groups is 1. The van der Waals surface area contributed by atoms with Crippen molar-refractivity contribution in [3.8, 4) is 5.75 Å². The molecule has 1 aromatic heterocycles. The number of ketones is 1. The van der Waals surface area contributed by atoms with Gasteiger partial charge in [-0.1, -0.05) is 61.8 Å². The van der Waals surface area contributed by atoms with E-state index in [1.54, 1.807) is 18.2 Å². The molecular weight excluding hydrogens is 322 g/mol. The van der Waals surface area contributed by atoms with Crippen LogP contribution in [-0.4, -0.2) is 15.5 Å². The molecule has 0 spiro atoms. The van der Waals surface area contributed by atoms with Gasteiger partial charge in [0.05, 0.1) is 16.5 Å². The summed E-state index contributed by atoms with van der Waals surface area (Å²) in [6.07, 6.45) is -4.59. The van der Waals surface area contributed by atoms with E-state index in [9.17, 15) is 9.90 Å². The van der Waals surface area contributed by atoms with Crippen LogP contribution in [0.15, 0.2) is 66.9 Å². The summed E-state index contributed by atoms with van der Waals surface area (Å²) in [6, 6.07) is 17.1. The van der Waals surface area contributed by atoms with Crippen molar-refractivity contribution in [1.82, 2.24) is 4.57 Å². The third kappa shape index (κ3) is 2.66. The molecule has 0 unspecified atom stereocenters. The second-order valence-corrected chi connectivity index (χ2v) is 6.00. The second-order valence-electron chi connectivity index (χ2n) is 6.00. The van der Waals surface area contributed by atoms with Crippen molar-refractivity contribution >= 4 is 27.5 Å². The first-order valence-electron chi connectivity index (χ1n) is 11.7. The monoisotopic (exact) mass is 350 g/mol. The molecule has 0 saturated carbocycles. The predicted molar refractivity (Wildman–Crippen MR) is 106 cm³/mol. The van der Waals surface area contributed by atoms with Gasteiger partial charge in [-0.15, -0.1) is 0 Å². The number of phenols is 1. The molecule has 0 amide bonds. The van der Waals surface area contributed by atoms with Gasteiger partial charge in [-0.3, -0.25) is 4.79 Å². The summed E-state index contributed by atoms with van der Waals surface area (Å²) in [7, 11) is 0. The first kappa shape index (κ1) is 10.2. The Morgan fingerprint density at radius 1 is 1.08 bits per heavy atom. The first-order valence-corrected chi connectivity index (χ1v) is 8.18. The Morgan fingerprint density at radius 2 is 1.88 bits per heavy atom. The standard InChI is InChI=1S/C23H21NO2/c1-2-3-14-24-15-19(22-20(24)12-7-13-21(22)25)23(26)18-11-6-9-16-8-4-5-10-17(16)18/h4-13,15,25H,2-3,14H2,1H3/i1D3,2D2,3D2. The molecule has 0 saturated heterocycles. The van der Waals surface area contributed by atoms with E-state index in [-0.39, 0.29) is 16.7 Å². The number of hydrogen-bond acceptors (Lipinski definition) is 2. The van der Waals surface area contributed by atoms with Crippen LogP contribution < -0.4 is 0 Å². The van der Waals surface area contributed by atoms with Crippen LogP contribution in [0, 0.1) is 0 Å². The molecule has 1 N–H and O–H groups in total. The summed E-state index contributed by atoms with van der Waals surface area (Å²) in [6.45, 7) is -3.86. The number of aromatic hydroxyl groups is 1. The predicted octanol–water partition coefficient (Wildman–Crippen LogP) is 5.53. The lowest BCUT2D eigenvalue weighted by Gasteiger charge is -2.05. The van der Waals surface area contributed by atoms with E-state index in [1.807, 2.05) is 30.3 Å². The third-order valence-electron chi connectivity index (χ3n) is 4.50. The highest BCUT2D eigenvalue weighted by atomic mass is 16.3. The van der Waals surface area contributed by atoms with Crippen LogP contribution in [0.25, 0.3) is 21.7 Å². The fourth-order valence-corrected chi connectivity index (χ4v) is 3.33. The minimum atomic E-state index is -3.19. The van der Waals surface area contributed by atoms with Crippen LogP contribution in [0.2, 0.25) is 0 Å². The molecule has 0 aliphatic rings. The van der Waals surface area contributed by atoms with E-state index in [0.29, 0.717) is 11.1 Å². The van der Waals surface area contributed by atoms with Crippen molar-refractivity contribution in [2.24, 2.45) is 0 Å². The molecule has 0 fully saturated rings. The topological polar surface area (TPSA) is 42.2 Å². The fraction of sp³-hybridized carbons (Fsp3) is 0.174. The van der Waals surface area contributed by atoms with E-state index in [0.717, 1.165) is 10.8 Å². The van der Waals surface area contributed by atoms with Gasteiger partial charge in [-0.25, -0.2) is 0 Å². The van der Waals surface area contributed by atoms with Gasteiger partial charge in [0, 0.05) is 27.9 Å². The Balaban J connectivity index is 1.88.